The summed E-state index contributed by atoms with van der Waals surface area (Å²) >= 11 is 0. The number of aryl methyl sites for hydroxylation is 1. The highest BCUT2D eigenvalue weighted by Gasteiger charge is 2.06. The first kappa shape index (κ1) is 11.6. The zero-order valence-corrected chi connectivity index (χ0v) is 9.58. The Labute approximate surface area is 91.1 Å². The summed E-state index contributed by atoms with van der Waals surface area (Å²) in [5.41, 5.74) is 2.29. The summed E-state index contributed by atoms with van der Waals surface area (Å²) in [5, 5.41) is 3.12. The summed E-state index contributed by atoms with van der Waals surface area (Å²) in [4.78, 5) is 13.0. The number of carbonyl (C=O) groups excluding carboxylic acids is 1. The van der Waals surface area contributed by atoms with Gasteiger partial charge in [-0.1, -0.05) is 18.2 Å². The Hall–Kier alpha value is -1.51. The van der Waals surface area contributed by atoms with Crippen molar-refractivity contribution in [2.75, 3.05) is 26.5 Å². The zero-order chi connectivity index (χ0) is 11.3. The average molecular weight is 206 g/mol. The molecule has 0 unspecified atom stereocenters. The van der Waals surface area contributed by atoms with Crippen molar-refractivity contribution in [3.63, 3.8) is 0 Å². The number of para-hydroxylation sites is 1. The second-order valence-electron chi connectivity index (χ2n) is 3.70. The van der Waals surface area contributed by atoms with Crippen LogP contribution in [0.15, 0.2) is 24.3 Å². The Morgan fingerprint density at radius 1 is 1.33 bits per heavy atom. The first-order valence-electron chi connectivity index (χ1n) is 5.11. The molecule has 0 aromatic heterocycles. The Morgan fingerprint density at radius 3 is 2.60 bits per heavy atom. The van der Waals surface area contributed by atoms with E-state index in [1.807, 2.05) is 25.2 Å². The molecule has 1 amide bonds. The molecule has 3 heteroatoms. The molecule has 0 aliphatic carbocycles. The third kappa shape index (κ3) is 3.27. The van der Waals surface area contributed by atoms with Gasteiger partial charge in [-0.05, 0) is 18.1 Å². The van der Waals surface area contributed by atoms with Crippen molar-refractivity contribution >= 4 is 11.6 Å². The number of hydrogen-bond acceptors (Lipinski definition) is 2. The van der Waals surface area contributed by atoms with E-state index in [0.717, 1.165) is 12.1 Å². The van der Waals surface area contributed by atoms with Crippen molar-refractivity contribution in [3.8, 4) is 0 Å². The molecular formula is C12H18N2O. The summed E-state index contributed by atoms with van der Waals surface area (Å²) in [5.74, 6) is 0.168. The third-order valence-electron chi connectivity index (χ3n) is 2.39. The molecule has 0 fully saturated rings. The lowest BCUT2D eigenvalue weighted by molar-refractivity contribution is -0.128. The van der Waals surface area contributed by atoms with Crippen LogP contribution in [0, 0.1) is 0 Å². The van der Waals surface area contributed by atoms with E-state index in [1.165, 1.54) is 5.56 Å². The van der Waals surface area contributed by atoms with Crippen molar-refractivity contribution in [1.82, 2.24) is 4.90 Å². The van der Waals surface area contributed by atoms with Gasteiger partial charge in [-0.15, -0.1) is 0 Å². The molecule has 1 aromatic rings. The second kappa shape index (κ2) is 5.39. The topological polar surface area (TPSA) is 32.3 Å². The van der Waals surface area contributed by atoms with Crippen molar-refractivity contribution in [3.05, 3.63) is 29.8 Å². The normalized spacial score (nSPS) is 9.80. The van der Waals surface area contributed by atoms with Gasteiger partial charge < -0.3 is 10.2 Å². The van der Waals surface area contributed by atoms with E-state index in [-0.39, 0.29) is 5.91 Å². The van der Waals surface area contributed by atoms with E-state index >= 15 is 0 Å². The van der Waals surface area contributed by atoms with Gasteiger partial charge in [0.2, 0.25) is 5.91 Å². The molecular weight excluding hydrogens is 188 g/mol. The van der Waals surface area contributed by atoms with E-state index < -0.39 is 0 Å². The SMILES string of the molecule is CNc1ccccc1CCC(=O)N(C)C. The first-order chi connectivity index (χ1) is 7.15. The van der Waals surface area contributed by atoms with Gasteiger partial charge in [0.15, 0.2) is 0 Å². The van der Waals surface area contributed by atoms with Crippen LogP contribution in [0.4, 0.5) is 5.69 Å². The van der Waals surface area contributed by atoms with Crippen LogP contribution in [-0.4, -0.2) is 32.0 Å². The Balaban J connectivity index is 2.61. The number of hydrogen-bond donors (Lipinski definition) is 1. The van der Waals surface area contributed by atoms with Crippen molar-refractivity contribution in [2.45, 2.75) is 12.8 Å². The lowest BCUT2D eigenvalue weighted by Gasteiger charge is -2.11. The van der Waals surface area contributed by atoms with Gasteiger partial charge in [-0.2, -0.15) is 0 Å². The van der Waals surface area contributed by atoms with Crippen molar-refractivity contribution in [1.29, 1.82) is 0 Å². The van der Waals surface area contributed by atoms with Crippen LogP contribution in [0.5, 0.6) is 0 Å². The molecule has 0 radical (unpaired) electrons. The zero-order valence-electron chi connectivity index (χ0n) is 9.58. The fraction of sp³-hybridized carbons (Fsp3) is 0.417. The first-order valence-corrected chi connectivity index (χ1v) is 5.11. The highest BCUT2D eigenvalue weighted by Crippen LogP contribution is 2.16. The summed E-state index contributed by atoms with van der Waals surface area (Å²) in [6, 6.07) is 8.06. The minimum Gasteiger partial charge on any atom is -0.388 e. The van der Waals surface area contributed by atoms with Gasteiger partial charge in [-0.25, -0.2) is 0 Å². The summed E-state index contributed by atoms with van der Waals surface area (Å²) in [6.07, 6.45) is 1.35. The van der Waals surface area contributed by atoms with Crippen LogP contribution in [0.3, 0.4) is 0 Å². The average Bonchev–Trinajstić information content (AvgIpc) is 2.26. The monoisotopic (exact) mass is 206 g/mol. The van der Waals surface area contributed by atoms with Crippen LogP contribution in [0.2, 0.25) is 0 Å². The van der Waals surface area contributed by atoms with Gasteiger partial charge in [0.1, 0.15) is 0 Å². The summed E-state index contributed by atoms with van der Waals surface area (Å²) < 4.78 is 0. The molecule has 1 rings (SSSR count). The minimum atomic E-state index is 0.168. The molecule has 82 valence electrons. The van der Waals surface area contributed by atoms with E-state index in [0.29, 0.717) is 6.42 Å². The Bertz CT molecular complexity index is 334. The van der Waals surface area contributed by atoms with Crippen molar-refractivity contribution in [2.24, 2.45) is 0 Å². The van der Waals surface area contributed by atoms with Gasteiger partial charge in [-0.3, -0.25) is 4.79 Å². The smallest absolute Gasteiger partial charge is 0.222 e. The van der Waals surface area contributed by atoms with E-state index in [2.05, 4.69) is 11.4 Å². The standard InChI is InChI=1S/C12H18N2O/c1-13-11-7-5-4-6-10(11)8-9-12(15)14(2)3/h4-7,13H,8-9H2,1-3H3. The predicted octanol–water partition coefficient (Wildman–Crippen LogP) is 1.75. The third-order valence-corrected chi connectivity index (χ3v) is 2.39. The van der Waals surface area contributed by atoms with E-state index in [4.69, 9.17) is 0 Å². The second-order valence-corrected chi connectivity index (χ2v) is 3.70. The number of rotatable bonds is 4. The largest absolute Gasteiger partial charge is 0.388 e. The van der Waals surface area contributed by atoms with Gasteiger partial charge in [0.25, 0.3) is 0 Å². The maximum atomic E-state index is 11.4. The molecule has 0 bridgehead atoms. The molecule has 0 aliphatic rings. The molecule has 0 atom stereocenters. The fourth-order valence-corrected chi connectivity index (χ4v) is 1.45. The maximum absolute atomic E-state index is 11.4. The van der Waals surface area contributed by atoms with E-state index in [1.54, 1.807) is 19.0 Å². The number of nitrogens with zero attached hydrogens (tertiary/aromatic N) is 1. The fourth-order valence-electron chi connectivity index (χ4n) is 1.45. The molecule has 0 saturated heterocycles. The number of nitrogens with one attached hydrogen (secondary N) is 1. The molecule has 3 nitrogen and oxygen atoms in total. The maximum Gasteiger partial charge on any atom is 0.222 e. The highest BCUT2D eigenvalue weighted by atomic mass is 16.2. The number of carbonyl (C=O) groups is 1. The van der Waals surface area contributed by atoms with Crippen LogP contribution < -0.4 is 5.32 Å². The van der Waals surface area contributed by atoms with Crippen LogP contribution >= 0.6 is 0 Å². The number of benzene rings is 1. The van der Waals surface area contributed by atoms with Crippen LogP contribution in [-0.2, 0) is 11.2 Å². The molecule has 0 heterocycles. The van der Waals surface area contributed by atoms with Gasteiger partial charge in [0, 0.05) is 33.3 Å². The quantitative estimate of drug-likeness (QED) is 0.814. The van der Waals surface area contributed by atoms with Gasteiger partial charge >= 0.3 is 0 Å². The summed E-state index contributed by atoms with van der Waals surface area (Å²) in [7, 11) is 5.46. The molecule has 0 spiro atoms. The highest BCUT2D eigenvalue weighted by molar-refractivity contribution is 5.76. The lowest BCUT2D eigenvalue weighted by atomic mass is 10.1. The minimum absolute atomic E-state index is 0.168. The van der Waals surface area contributed by atoms with Gasteiger partial charge in [0.05, 0.1) is 0 Å². The molecule has 0 aliphatic heterocycles. The summed E-state index contributed by atoms with van der Waals surface area (Å²) in [6.45, 7) is 0. The molecule has 1 aromatic carbocycles. The van der Waals surface area contributed by atoms with Crippen molar-refractivity contribution < 1.29 is 4.79 Å². The number of anilines is 1. The van der Waals surface area contributed by atoms with E-state index in [9.17, 15) is 4.79 Å². The Kier molecular flexibility index (Phi) is 4.16. The van der Waals surface area contributed by atoms with Crippen LogP contribution in [0.25, 0.3) is 0 Å². The Morgan fingerprint density at radius 2 is 2.00 bits per heavy atom. The molecule has 0 saturated carbocycles. The molecule has 1 N–H and O–H groups in total. The van der Waals surface area contributed by atoms with Crippen LogP contribution in [0.1, 0.15) is 12.0 Å². The predicted molar refractivity (Wildman–Crippen MR) is 63.0 cm³/mol. The molecule has 15 heavy (non-hydrogen) atoms. The lowest BCUT2D eigenvalue weighted by Crippen LogP contribution is -2.21. The number of amides is 1.